The standard InChI is InChI=1S/C15H30N4O/c1-14(2)9-11(15(3,4)20-14)13(17-16)12-10-18-5-7-19(12)8-6-18/h11-13,17H,5-10,16H2,1-4H3. The molecule has 4 rings (SSSR count). The molecule has 4 aliphatic heterocycles. The van der Waals surface area contributed by atoms with Gasteiger partial charge in [0, 0.05) is 50.7 Å². The van der Waals surface area contributed by atoms with Crippen molar-refractivity contribution in [2.75, 3.05) is 32.7 Å². The molecule has 3 N–H and O–H groups in total. The van der Waals surface area contributed by atoms with Gasteiger partial charge < -0.3 is 4.74 Å². The van der Waals surface area contributed by atoms with Crippen molar-refractivity contribution in [3.05, 3.63) is 0 Å². The number of rotatable bonds is 3. The third-order valence-electron chi connectivity index (χ3n) is 5.51. The van der Waals surface area contributed by atoms with Crippen LogP contribution in [-0.4, -0.2) is 65.8 Å². The molecule has 0 aromatic rings. The average Bonchev–Trinajstić information content (AvgIpc) is 2.60. The molecule has 0 amide bonds. The third kappa shape index (κ3) is 2.50. The minimum Gasteiger partial charge on any atom is -0.369 e. The van der Waals surface area contributed by atoms with Gasteiger partial charge in [-0.2, -0.15) is 0 Å². The topological polar surface area (TPSA) is 53.8 Å². The molecule has 20 heavy (non-hydrogen) atoms. The van der Waals surface area contributed by atoms with Crippen molar-refractivity contribution in [2.24, 2.45) is 11.8 Å². The Kier molecular flexibility index (Phi) is 3.62. The summed E-state index contributed by atoms with van der Waals surface area (Å²) in [7, 11) is 0. The zero-order chi connectivity index (χ0) is 14.5. The molecule has 2 bridgehead atoms. The van der Waals surface area contributed by atoms with Gasteiger partial charge in [0.05, 0.1) is 11.2 Å². The van der Waals surface area contributed by atoms with Crippen LogP contribution in [0.15, 0.2) is 0 Å². The van der Waals surface area contributed by atoms with E-state index >= 15 is 0 Å². The van der Waals surface area contributed by atoms with Gasteiger partial charge in [0.25, 0.3) is 0 Å². The summed E-state index contributed by atoms with van der Waals surface area (Å²) in [6.07, 6.45) is 1.07. The summed E-state index contributed by atoms with van der Waals surface area (Å²) in [6.45, 7) is 14.7. The lowest BCUT2D eigenvalue weighted by Gasteiger charge is -2.52. The maximum absolute atomic E-state index is 6.27. The van der Waals surface area contributed by atoms with Crippen LogP contribution in [-0.2, 0) is 4.74 Å². The molecule has 0 radical (unpaired) electrons. The Morgan fingerprint density at radius 3 is 2.20 bits per heavy atom. The molecule has 0 aromatic carbocycles. The zero-order valence-electron chi connectivity index (χ0n) is 13.4. The maximum atomic E-state index is 6.27. The maximum Gasteiger partial charge on any atom is 0.0678 e. The minimum atomic E-state index is -0.117. The first-order chi connectivity index (χ1) is 9.32. The molecule has 0 aliphatic carbocycles. The van der Waals surface area contributed by atoms with E-state index < -0.39 is 0 Å². The second-order valence-electron chi connectivity index (χ2n) is 7.87. The van der Waals surface area contributed by atoms with E-state index in [1.807, 2.05) is 0 Å². The molecule has 3 unspecified atom stereocenters. The molecule has 4 heterocycles. The van der Waals surface area contributed by atoms with Gasteiger partial charge in [-0.1, -0.05) is 0 Å². The molecule has 0 aromatic heterocycles. The lowest BCUT2D eigenvalue weighted by atomic mass is 9.77. The molecule has 0 saturated carbocycles. The van der Waals surface area contributed by atoms with E-state index in [9.17, 15) is 0 Å². The van der Waals surface area contributed by atoms with E-state index in [4.69, 9.17) is 10.6 Å². The zero-order valence-corrected chi connectivity index (χ0v) is 13.4. The van der Waals surface area contributed by atoms with Crippen molar-refractivity contribution in [2.45, 2.75) is 57.4 Å². The first kappa shape index (κ1) is 14.7. The molecule has 3 atom stereocenters. The molecule has 5 nitrogen and oxygen atoms in total. The molecule has 4 fully saturated rings. The highest BCUT2D eigenvalue weighted by Gasteiger charge is 2.52. The van der Waals surface area contributed by atoms with E-state index in [1.54, 1.807) is 0 Å². The Bertz CT molecular complexity index is 363. The van der Waals surface area contributed by atoms with Crippen LogP contribution in [0.3, 0.4) is 0 Å². The van der Waals surface area contributed by atoms with Crippen LogP contribution in [0.2, 0.25) is 0 Å². The summed E-state index contributed by atoms with van der Waals surface area (Å²) in [5, 5.41) is 0. The number of nitrogens with one attached hydrogen (secondary N) is 1. The molecule has 4 aliphatic rings. The predicted octanol–water partition coefficient (Wildman–Crippen LogP) is 0.412. The van der Waals surface area contributed by atoms with Gasteiger partial charge in [0.15, 0.2) is 0 Å². The summed E-state index contributed by atoms with van der Waals surface area (Å²) in [6, 6.07) is 0.819. The van der Waals surface area contributed by atoms with Crippen LogP contribution in [0.5, 0.6) is 0 Å². The number of hydrogen-bond acceptors (Lipinski definition) is 5. The van der Waals surface area contributed by atoms with E-state index in [-0.39, 0.29) is 11.2 Å². The first-order valence-electron chi connectivity index (χ1n) is 7.95. The van der Waals surface area contributed by atoms with Crippen LogP contribution in [0, 0.1) is 5.92 Å². The first-order valence-corrected chi connectivity index (χ1v) is 7.95. The van der Waals surface area contributed by atoms with E-state index in [1.165, 1.54) is 26.2 Å². The summed E-state index contributed by atoms with van der Waals surface area (Å²) < 4.78 is 6.27. The Labute approximate surface area is 122 Å². The van der Waals surface area contributed by atoms with Gasteiger partial charge in [-0.15, -0.1) is 0 Å². The number of piperazine rings is 3. The molecule has 5 heteroatoms. The SMILES string of the molecule is CC1(C)CC(C(NN)C2CN3CCN2CC3)C(C)(C)O1. The highest BCUT2D eigenvalue weighted by molar-refractivity contribution is 5.05. The normalized spacial score (nSPS) is 43.6. The molecular weight excluding hydrogens is 252 g/mol. The van der Waals surface area contributed by atoms with E-state index in [0.29, 0.717) is 18.0 Å². The number of ether oxygens (including phenoxy) is 1. The Hall–Kier alpha value is -0.200. The fourth-order valence-electron chi connectivity index (χ4n) is 4.66. The van der Waals surface area contributed by atoms with Crippen LogP contribution < -0.4 is 11.3 Å². The number of fused-ring (bicyclic) bond motifs is 3. The summed E-state index contributed by atoms with van der Waals surface area (Å²) >= 11 is 0. The highest BCUT2D eigenvalue weighted by atomic mass is 16.5. The Balaban J connectivity index is 1.80. The van der Waals surface area contributed by atoms with E-state index in [2.05, 4.69) is 42.9 Å². The fraction of sp³-hybridized carbons (Fsp3) is 1.00. The van der Waals surface area contributed by atoms with Crippen molar-refractivity contribution in [1.29, 1.82) is 0 Å². The smallest absolute Gasteiger partial charge is 0.0678 e. The van der Waals surface area contributed by atoms with Crippen LogP contribution in [0.4, 0.5) is 0 Å². The average molecular weight is 282 g/mol. The van der Waals surface area contributed by atoms with Crippen molar-refractivity contribution in [3.8, 4) is 0 Å². The van der Waals surface area contributed by atoms with Crippen molar-refractivity contribution >= 4 is 0 Å². The second kappa shape index (κ2) is 4.92. The number of nitrogens with zero attached hydrogens (tertiary/aromatic N) is 2. The minimum absolute atomic E-state index is 0.0490. The predicted molar refractivity (Wildman–Crippen MR) is 80.3 cm³/mol. The van der Waals surface area contributed by atoms with Crippen LogP contribution in [0.25, 0.3) is 0 Å². The van der Waals surface area contributed by atoms with E-state index in [0.717, 1.165) is 13.0 Å². The van der Waals surface area contributed by atoms with Crippen molar-refractivity contribution < 1.29 is 4.74 Å². The van der Waals surface area contributed by atoms with Gasteiger partial charge in [0.1, 0.15) is 0 Å². The quantitative estimate of drug-likeness (QED) is 0.580. The second-order valence-corrected chi connectivity index (χ2v) is 7.87. The molecular formula is C15H30N4O. The third-order valence-corrected chi connectivity index (χ3v) is 5.51. The molecule has 4 saturated heterocycles. The van der Waals surface area contributed by atoms with Gasteiger partial charge in [-0.3, -0.25) is 21.1 Å². The number of hydrogen-bond donors (Lipinski definition) is 2. The summed E-state index contributed by atoms with van der Waals surface area (Å²) in [4.78, 5) is 5.19. The number of hydrazine groups is 1. The summed E-state index contributed by atoms with van der Waals surface area (Å²) in [5.41, 5.74) is 2.98. The monoisotopic (exact) mass is 282 g/mol. The lowest BCUT2D eigenvalue weighted by Crippen LogP contribution is -2.69. The largest absolute Gasteiger partial charge is 0.369 e. The summed E-state index contributed by atoms with van der Waals surface area (Å²) in [5.74, 6) is 6.43. The van der Waals surface area contributed by atoms with Crippen LogP contribution in [0.1, 0.15) is 34.1 Å². The Morgan fingerprint density at radius 2 is 1.80 bits per heavy atom. The van der Waals surface area contributed by atoms with Gasteiger partial charge in [-0.05, 0) is 34.1 Å². The lowest BCUT2D eigenvalue weighted by molar-refractivity contribution is -0.0862. The van der Waals surface area contributed by atoms with Crippen molar-refractivity contribution in [1.82, 2.24) is 15.2 Å². The highest BCUT2D eigenvalue weighted by Crippen LogP contribution is 2.44. The molecule has 116 valence electrons. The Morgan fingerprint density at radius 1 is 1.15 bits per heavy atom. The molecule has 0 spiro atoms. The van der Waals surface area contributed by atoms with Crippen LogP contribution >= 0.6 is 0 Å². The van der Waals surface area contributed by atoms with Crippen molar-refractivity contribution in [3.63, 3.8) is 0 Å². The van der Waals surface area contributed by atoms with Gasteiger partial charge >= 0.3 is 0 Å². The number of nitrogens with two attached hydrogens (primary N) is 1. The van der Waals surface area contributed by atoms with Gasteiger partial charge in [-0.25, -0.2) is 0 Å². The fourth-order valence-corrected chi connectivity index (χ4v) is 4.66. The van der Waals surface area contributed by atoms with Gasteiger partial charge in [0.2, 0.25) is 0 Å².